The van der Waals surface area contributed by atoms with E-state index in [1.165, 1.54) is 11.1 Å². The maximum absolute atomic E-state index is 6.50. The highest BCUT2D eigenvalue weighted by Gasteiger charge is 2.18. The van der Waals surface area contributed by atoms with Crippen molar-refractivity contribution in [3.63, 3.8) is 0 Å². The fourth-order valence-electron chi connectivity index (χ4n) is 3.60. The van der Waals surface area contributed by atoms with Crippen LogP contribution < -0.4 is 15.5 Å². The number of anilines is 2. The van der Waals surface area contributed by atoms with E-state index in [2.05, 4.69) is 56.3 Å². The molecule has 31 heavy (non-hydrogen) atoms. The van der Waals surface area contributed by atoms with E-state index >= 15 is 0 Å². The van der Waals surface area contributed by atoms with Gasteiger partial charge in [0.1, 0.15) is 0 Å². The first-order chi connectivity index (χ1) is 15.2. The summed E-state index contributed by atoms with van der Waals surface area (Å²) in [5, 5.41) is 7.62. The van der Waals surface area contributed by atoms with E-state index in [0.29, 0.717) is 5.02 Å². The van der Waals surface area contributed by atoms with Gasteiger partial charge in [-0.05, 0) is 24.3 Å². The minimum absolute atomic E-state index is 0.689. The van der Waals surface area contributed by atoms with Crippen molar-refractivity contribution in [3.8, 4) is 0 Å². The van der Waals surface area contributed by atoms with Gasteiger partial charge in [0.25, 0.3) is 0 Å². The first-order valence-electron chi connectivity index (χ1n) is 11.1. The number of allylic oxidation sites excluding steroid dienone is 2. The van der Waals surface area contributed by atoms with E-state index < -0.39 is 0 Å². The van der Waals surface area contributed by atoms with Gasteiger partial charge in [-0.15, -0.1) is 0 Å². The van der Waals surface area contributed by atoms with Gasteiger partial charge in [-0.2, -0.15) is 0 Å². The Morgan fingerprint density at radius 2 is 2.03 bits per heavy atom. The number of pyridine rings is 1. The first kappa shape index (κ1) is 24.8. The topological polar surface area (TPSA) is 64.9 Å². The van der Waals surface area contributed by atoms with Gasteiger partial charge >= 0.3 is 0 Å². The van der Waals surface area contributed by atoms with Crippen molar-refractivity contribution in [1.82, 2.24) is 10.3 Å². The lowest BCUT2D eigenvalue weighted by molar-refractivity contribution is 0.589. The molecule has 2 N–H and O–H groups in total. The van der Waals surface area contributed by atoms with Crippen molar-refractivity contribution in [1.29, 1.82) is 0 Å². The average Bonchev–Trinajstić information content (AvgIpc) is 2.81. The number of rotatable bonds is 8. The normalized spacial score (nSPS) is 17.7. The number of nitrogens with zero attached hydrogens (tertiary/aromatic N) is 4. The lowest BCUT2D eigenvalue weighted by Gasteiger charge is -2.31. The van der Waals surface area contributed by atoms with Gasteiger partial charge in [0.15, 0.2) is 0 Å². The molecule has 2 heterocycles. The lowest BCUT2D eigenvalue weighted by atomic mass is 9.94. The highest BCUT2D eigenvalue weighted by Crippen LogP contribution is 2.33. The van der Waals surface area contributed by atoms with E-state index in [1.807, 2.05) is 20.0 Å². The van der Waals surface area contributed by atoms with Crippen LogP contribution in [-0.4, -0.2) is 50.1 Å². The van der Waals surface area contributed by atoms with Gasteiger partial charge in [0.05, 0.1) is 22.6 Å². The third kappa shape index (κ3) is 7.33. The second-order valence-corrected chi connectivity index (χ2v) is 7.47. The van der Waals surface area contributed by atoms with E-state index in [4.69, 9.17) is 11.6 Å². The van der Waals surface area contributed by atoms with E-state index in [1.54, 1.807) is 18.6 Å². The molecule has 1 fully saturated rings. The number of hydrogen-bond donors (Lipinski definition) is 2. The molecule has 0 aromatic carbocycles. The van der Waals surface area contributed by atoms with Crippen LogP contribution in [0.1, 0.15) is 40.0 Å². The second kappa shape index (κ2) is 13.8. The zero-order chi connectivity index (χ0) is 22.5. The Bertz CT molecular complexity index is 834. The zero-order valence-corrected chi connectivity index (χ0v) is 19.8. The van der Waals surface area contributed by atoms with Gasteiger partial charge < -0.3 is 15.5 Å². The SMILES string of the molecule is C=N/C=C\N=C1CC=C(CNc2cncc(Cl)c2N2CCNCC2)C=C1CCC.CC. The molecule has 0 radical (unpaired) electrons. The molecule has 0 unspecified atom stereocenters. The van der Waals surface area contributed by atoms with Crippen molar-refractivity contribution in [2.45, 2.75) is 40.0 Å². The largest absolute Gasteiger partial charge is 0.378 e. The molecule has 7 heteroatoms. The summed E-state index contributed by atoms with van der Waals surface area (Å²) >= 11 is 6.50. The number of halogens is 1. The molecule has 1 aromatic rings. The summed E-state index contributed by atoms with van der Waals surface area (Å²) in [6.45, 7) is 14.2. The summed E-state index contributed by atoms with van der Waals surface area (Å²) in [6, 6.07) is 0. The highest BCUT2D eigenvalue weighted by molar-refractivity contribution is 6.33. The van der Waals surface area contributed by atoms with Crippen LogP contribution in [0.25, 0.3) is 0 Å². The van der Waals surface area contributed by atoms with Crippen molar-refractivity contribution in [2.75, 3.05) is 42.9 Å². The van der Waals surface area contributed by atoms with Gasteiger partial charge in [0, 0.05) is 63.5 Å². The Morgan fingerprint density at radius 1 is 1.26 bits per heavy atom. The number of aromatic nitrogens is 1. The van der Waals surface area contributed by atoms with Crippen LogP contribution in [0.3, 0.4) is 0 Å². The summed E-state index contributed by atoms with van der Waals surface area (Å²) in [6.07, 6.45) is 14.3. The quantitative estimate of drug-likeness (QED) is 0.539. The Balaban J connectivity index is 0.00000166. The summed E-state index contributed by atoms with van der Waals surface area (Å²) in [7, 11) is 0. The predicted octanol–water partition coefficient (Wildman–Crippen LogP) is 5.25. The monoisotopic (exact) mass is 442 g/mol. The zero-order valence-electron chi connectivity index (χ0n) is 19.0. The Hall–Kier alpha value is -2.44. The number of nitrogens with one attached hydrogen (secondary N) is 2. The fourth-order valence-corrected chi connectivity index (χ4v) is 3.88. The third-order valence-corrected chi connectivity index (χ3v) is 5.28. The number of hydrogen-bond acceptors (Lipinski definition) is 6. The molecule has 0 atom stereocenters. The standard InChI is InChI=1S/C22H29ClN6.C2H6/c1-3-4-18-13-17(5-6-20(18)27-8-7-24-2)14-28-21-16-26-15-19(23)22(21)29-11-9-25-10-12-29;1-2/h5,7-8,13,15-16,25,28H,2-4,6,9-12,14H2,1H3;1-2H3/b8-7-,27-20?;. The van der Waals surface area contributed by atoms with Gasteiger partial charge in [-0.3, -0.25) is 15.0 Å². The van der Waals surface area contributed by atoms with E-state index in [0.717, 1.165) is 69.1 Å². The lowest BCUT2D eigenvalue weighted by Crippen LogP contribution is -2.44. The minimum atomic E-state index is 0.689. The predicted molar refractivity (Wildman–Crippen MR) is 136 cm³/mol. The summed E-state index contributed by atoms with van der Waals surface area (Å²) in [5.41, 5.74) is 5.66. The molecule has 0 bridgehead atoms. The van der Waals surface area contributed by atoms with Crippen LogP contribution in [0.4, 0.5) is 11.4 Å². The maximum atomic E-state index is 6.50. The van der Waals surface area contributed by atoms with Gasteiger partial charge in [-0.25, -0.2) is 0 Å². The van der Waals surface area contributed by atoms with Crippen LogP contribution in [-0.2, 0) is 0 Å². The van der Waals surface area contributed by atoms with Crippen LogP contribution in [0.2, 0.25) is 5.02 Å². The molecular weight excluding hydrogens is 408 g/mol. The highest BCUT2D eigenvalue weighted by atomic mass is 35.5. The molecule has 168 valence electrons. The summed E-state index contributed by atoms with van der Waals surface area (Å²) in [4.78, 5) is 14.9. The van der Waals surface area contributed by atoms with Crippen LogP contribution in [0.5, 0.6) is 0 Å². The van der Waals surface area contributed by atoms with Crippen molar-refractivity contribution in [3.05, 3.63) is 53.1 Å². The Labute approximate surface area is 191 Å². The average molecular weight is 443 g/mol. The maximum Gasteiger partial charge on any atom is 0.0844 e. The molecule has 6 nitrogen and oxygen atoms in total. The van der Waals surface area contributed by atoms with Crippen LogP contribution in [0.15, 0.2) is 58.1 Å². The second-order valence-electron chi connectivity index (χ2n) is 7.07. The number of aliphatic imine (C=N–C) groups is 2. The number of piperazine rings is 1. The van der Waals surface area contributed by atoms with Crippen molar-refractivity contribution >= 4 is 35.4 Å². The summed E-state index contributed by atoms with van der Waals surface area (Å²) in [5.74, 6) is 0. The Morgan fingerprint density at radius 3 is 2.74 bits per heavy atom. The van der Waals surface area contributed by atoms with E-state index in [-0.39, 0.29) is 0 Å². The Kier molecular flexibility index (Phi) is 11.0. The molecule has 0 spiro atoms. The molecule has 1 aliphatic heterocycles. The van der Waals surface area contributed by atoms with Crippen molar-refractivity contribution < 1.29 is 0 Å². The first-order valence-corrected chi connectivity index (χ1v) is 11.5. The summed E-state index contributed by atoms with van der Waals surface area (Å²) < 4.78 is 0. The van der Waals surface area contributed by atoms with Gasteiger partial charge in [-0.1, -0.05) is 50.9 Å². The van der Waals surface area contributed by atoms with Gasteiger partial charge in [0.2, 0.25) is 0 Å². The molecule has 3 rings (SSSR count). The molecule has 1 aromatic heterocycles. The molecule has 2 aliphatic rings. The molecule has 1 aliphatic carbocycles. The van der Waals surface area contributed by atoms with Crippen LogP contribution in [0, 0.1) is 0 Å². The molecule has 0 amide bonds. The smallest absolute Gasteiger partial charge is 0.0844 e. The fraction of sp³-hybridized carbons (Fsp3) is 0.458. The molecular formula is C24H35ClN6. The van der Waals surface area contributed by atoms with Crippen LogP contribution >= 0.6 is 11.6 Å². The third-order valence-electron chi connectivity index (χ3n) is 5.00. The van der Waals surface area contributed by atoms with E-state index in [9.17, 15) is 0 Å². The minimum Gasteiger partial charge on any atom is -0.378 e. The molecule has 0 saturated carbocycles. The molecule has 1 saturated heterocycles. The van der Waals surface area contributed by atoms with Crippen molar-refractivity contribution in [2.24, 2.45) is 9.98 Å².